The largest absolute Gasteiger partial charge is 0.494 e. The van der Waals surface area contributed by atoms with Crippen molar-refractivity contribution in [1.82, 2.24) is 0 Å². The Kier molecular flexibility index (Phi) is 5.61. The smallest absolute Gasteiger partial charge is 0.255 e. The standard InChI is InChI=1S/C20H18ClNO4/c1-2-25-15-6-3-13(4-7-15)20(24)22-14-5-9-18(21)17(11-14)19-10-8-16(12-23)26-19/h3-11,23H,2,12H2,1H3,(H,22,24). The van der Waals surface area contributed by atoms with Crippen LogP contribution in [0.5, 0.6) is 5.75 Å². The van der Waals surface area contributed by atoms with Gasteiger partial charge in [-0.15, -0.1) is 0 Å². The van der Waals surface area contributed by atoms with Crippen molar-refractivity contribution in [1.29, 1.82) is 0 Å². The van der Waals surface area contributed by atoms with Crippen molar-refractivity contribution in [3.63, 3.8) is 0 Å². The van der Waals surface area contributed by atoms with Crippen LogP contribution in [-0.4, -0.2) is 17.6 Å². The third-order valence-corrected chi connectivity index (χ3v) is 4.06. The zero-order chi connectivity index (χ0) is 18.5. The Hall–Kier alpha value is -2.76. The van der Waals surface area contributed by atoms with Crippen LogP contribution in [0.1, 0.15) is 23.0 Å². The number of rotatable bonds is 6. The van der Waals surface area contributed by atoms with Gasteiger partial charge in [-0.25, -0.2) is 0 Å². The predicted octanol–water partition coefficient (Wildman–Crippen LogP) is 4.74. The Morgan fingerprint density at radius 2 is 1.92 bits per heavy atom. The molecule has 0 saturated heterocycles. The second-order valence-electron chi connectivity index (χ2n) is 5.53. The topological polar surface area (TPSA) is 71.7 Å². The summed E-state index contributed by atoms with van der Waals surface area (Å²) in [6.45, 7) is 2.29. The molecule has 0 aliphatic carbocycles. The van der Waals surface area contributed by atoms with Gasteiger partial charge in [-0.1, -0.05) is 11.6 Å². The Balaban J connectivity index is 1.79. The minimum absolute atomic E-state index is 0.189. The molecule has 5 nitrogen and oxygen atoms in total. The number of halogens is 1. The van der Waals surface area contributed by atoms with Crippen LogP contribution in [-0.2, 0) is 6.61 Å². The maximum absolute atomic E-state index is 12.4. The monoisotopic (exact) mass is 371 g/mol. The number of benzene rings is 2. The van der Waals surface area contributed by atoms with E-state index in [2.05, 4.69) is 5.32 Å². The maximum atomic E-state index is 12.4. The van der Waals surface area contributed by atoms with E-state index in [0.29, 0.717) is 40.0 Å². The number of aliphatic hydroxyl groups excluding tert-OH is 1. The first-order valence-electron chi connectivity index (χ1n) is 8.14. The normalized spacial score (nSPS) is 10.6. The van der Waals surface area contributed by atoms with E-state index in [1.54, 1.807) is 54.6 Å². The van der Waals surface area contributed by atoms with Gasteiger partial charge in [0.25, 0.3) is 5.91 Å². The van der Waals surface area contributed by atoms with Crippen LogP contribution in [0.2, 0.25) is 5.02 Å². The lowest BCUT2D eigenvalue weighted by Crippen LogP contribution is -2.11. The van der Waals surface area contributed by atoms with Crippen molar-refractivity contribution in [2.75, 3.05) is 11.9 Å². The van der Waals surface area contributed by atoms with Gasteiger partial charge in [-0.2, -0.15) is 0 Å². The van der Waals surface area contributed by atoms with Gasteiger partial charge in [0.2, 0.25) is 0 Å². The van der Waals surface area contributed by atoms with Gasteiger partial charge in [0.1, 0.15) is 23.9 Å². The van der Waals surface area contributed by atoms with Crippen molar-refractivity contribution in [3.8, 4) is 17.1 Å². The molecule has 1 amide bonds. The first-order chi connectivity index (χ1) is 12.6. The summed E-state index contributed by atoms with van der Waals surface area (Å²) < 4.78 is 10.9. The average Bonchev–Trinajstić information content (AvgIpc) is 3.13. The van der Waals surface area contributed by atoms with Gasteiger partial charge in [0.15, 0.2) is 0 Å². The fraction of sp³-hybridized carbons (Fsp3) is 0.150. The summed E-state index contributed by atoms with van der Waals surface area (Å²) in [6, 6.07) is 15.5. The summed E-state index contributed by atoms with van der Waals surface area (Å²) in [4.78, 5) is 12.4. The lowest BCUT2D eigenvalue weighted by atomic mass is 10.1. The van der Waals surface area contributed by atoms with E-state index in [1.807, 2.05) is 6.92 Å². The molecule has 0 saturated carbocycles. The summed E-state index contributed by atoms with van der Waals surface area (Å²) in [6.07, 6.45) is 0. The molecule has 1 aromatic heterocycles. The number of ether oxygens (including phenoxy) is 1. The minimum atomic E-state index is -0.239. The lowest BCUT2D eigenvalue weighted by Gasteiger charge is -2.09. The fourth-order valence-electron chi connectivity index (χ4n) is 2.47. The number of amides is 1. The van der Waals surface area contributed by atoms with Crippen molar-refractivity contribution in [2.45, 2.75) is 13.5 Å². The number of hydrogen-bond acceptors (Lipinski definition) is 4. The molecule has 0 unspecified atom stereocenters. The highest BCUT2D eigenvalue weighted by molar-refractivity contribution is 6.33. The Labute approximate surface area is 156 Å². The molecule has 6 heteroatoms. The third kappa shape index (κ3) is 4.07. The van der Waals surface area contributed by atoms with Crippen molar-refractivity contribution in [3.05, 3.63) is 70.9 Å². The van der Waals surface area contributed by atoms with Crippen molar-refractivity contribution in [2.24, 2.45) is 0 Å². The van der Waals surface area contributed by atoms with Crippen LogP contribution in [0.15, 0.2) is 59.0 Å². The molecule has 0 aliphatic rings. The van der Waals surface area contributed by atoms with Crippen LogP contribution in [0, 0.1) is 0 Å². The fourth-order valence-corrected chi connectivity index (χ4v) is 2.68. The number of nitrogens with one attached hydrogen (secondary N) is 1. The molecule has 0 bridgehead atoms. The van der Waals surface area contributed by atoms with Gasteiger partial charge in [0.05, 0.1) is 11.6 Å². The molecule has 2 N–H and O–H groups in total. The van der Waals surface area contributed by atoms with Gasteiger partial charge in [0, 0.05) is 16.8 Å². The summed E-state index contributed by atoms with van der Waals surface area (Å²) in [5.74, 6) is 1.45. The van der Waals surface area contributed by atoms with E-state index in [-0.39, 0.29) is 12.5 Å². The van der Waals surface area contributed by atoms with Crippen molar-refractivity contribution < 1.29 is 19.1 Å². The van der Waals surface area contributed by atoms with Gasteiger partial charge >= 0.3 is 0 Å². The van der Waals surface area contributed by atoms with E-state index < -0.39 is 0 Å². The number of aliphatic hydroxyl groups is 1. The van der Waals surface area contributed by atoms with Crippen molar-refractivity contribution >= 4 is 23.2 Å². The third-order valence-electron chi connectivity index (χ3n) is 3.73. The summed E-state index contributed by atoms with van der Waals surface area (Å²) >= 11 is 6.23. The van der Waals surface area contributed by atoms with E-state index >= 15 is 0 Å². The summed E-state index contributed by atoms with van der Waals surface area (Å²) in [5, 5.41) is 12.5. The minimum Gasteiger partial charge on any atom is -0.494 e. The summed E-state index contributed by atoms with van der Waals surface area (Å²) in [5.41, 5.74) is 1.74. The Bertz CT molecular complexity index is 902. The first-order valence-corrected chi connectivity index (χ1v) is 8.52. The van der Waals surface area contributed by atoms with Crippen LogP contribution in [0.4, 0.5) is 5.69 Å². The highest BCUT2D eigenvalue weighted by Gasteiger charge is 2.12. The molecule has 2 aromatic carbocycles. The molecule has 3 rings (SSSR count). The van der Waals surface area contributed by atoms with Crippen LogP contribution in [0.25, 0.3) is 11.3 Å². The second-order valence-corrected chi connectivity index (χ2v) is 5.94. The van der Waals surface area contributed by atoms with E-state index in [4.69, 9.17) is 25.9 Å². The number of carbonyl (C=O) groups excluding carboxylic acids is 1. The number of anilines is 1. The highest BCUT2D eigenvalue weighted by Crippen LogP contribution is 2.32. The number of hydrogen-bond donors (Lipinski definition) is 2. The molecule has 0 aliphatic heterocycles. The molecule has 0 spiro atoms. The quantitative estimate of drug-likeness (QED) is 0.656. The maximum Gasteiger partial charge on any atom is 0.255 e. The molecular weight excluding hydrogens is 354 g/mol. The molecule has 0 radical (unpaired) electrons. The molecular formula is C20H18ClNO4. The molecule has 0 atom stereocenters. The molecule has 3 aromatic rings. The van der Waals surface area contributed by atoms with Crippen LogP contribution < -0.4 is 10.1 Å². The average molecular weight is 372 g/mol. The van der Waals surface area contributed by atoms with Gasteiger partial charge in [-0.3, -0.25) is 4.79 Å². The Morgan fingerprint density at radius 3 is 2.58 bits per heavy atom. The highest BCUT2D eigenvalue weighted by atomic mass is 35.5. The molecule has 134 valence electrons. The number of carbonyl (C=O) groups is 1. The lowest BCUT2D eigenvalue weighted by molar-refractivity contribution is 0.102. The SMILES string of the molecule is CCOc1ccc(C(=O)Nc2ccc(Cl)c(-c3ccc(CO)o3)c2)cc1. The Morgan fingerprint density at radius 1 is 1.15 bits per heavy atom. The van der Waals surface area contributed by atoms with E-state index in [0.717, 1.165) is 5.75 Å². The first kappa shape index (κ1) is 18.0. The van der Waals surface area contributed by atoms with Gasteiger partial charge in [-0.05, 0) is 61.5 Å². The predicted molar refractivity (Wildman–Crippen MR) is 101 cm³/mol. The zero-order valence-corrected chi connectivity index (χ0v) is 14.9. The molecule has 26 heavy (non-hydrogen) atoms. The second kappa shape index (κ2) is 8.08. The van der Waals surface area contributed by atoms with Crippen LogP contribution in [0.3, 0.4) is 0 Å². The van der Waals surface area contributed by atoms with Crippen LogP contribution >= 0.6 is 11.6 Å². The zero-order valence-electron chi connectivity index (χ0n) is 14.2. The molecule has 0 fully saturated rings. The summed E-state index contributed by atoms with van der Waals surface area (Å²) in [7, 11) is 0. The van der Waals surface area contributed by atoms with E-state index in [1.165, 1.54) is 0 Å². The number of furan rings is 1. The molecule has 1 heterocycles. The van der Waals surface area contributed by atoms with Gasteiger partial charge < -0.3 is 19.6 Å². The van der Waals surface area contributed by atoms with E-state index in [9.17, 15) is 4.79 Å².